The maximum Gasteiger partial charge on any atom is 0.277 e. The summed E-state index contributed by atoms with van der Waals surface area (Å²) in [5.41, 5.74) is 0.583. The average molecular weight is 382 g/mol. The Labute approximate surface area is 160 Å². The second kappa shape index (κ2) is 8.50. The Morgan fingerprint density at radius 2 is 2.00 bits per heavy atom. The summed E-state index contributed by atoms with van der Waals surface area (Å²) in [6, 6.07) is 13.1. The Kier molecular flexibility index (Phi) is 5.87. The molecule has 0 spiro atoms. The molecular formula is C19H18N4O3S. The number of anilines is 1. The highest BCUT2D eigenvalue weighted by atomic mass is 32.2. The van der Waals surface area contributed by atoms with Gasteiger partial charge >= 0.3 is 0 Å². The summed E-state index contributed by atoms with van der Waals surface area (Å²) < 4.78 is 0. The summed E-state index contributed by atoms with van der Waals surface area (Å²) in [5, 5.41) is 10.2. The van der Waals surface area contributed by atoms with Crippen LogP contribution >= 0.6 is 11.8 Å². The lowest BCUT2D eigenvalue weighted by Gasteiger charge is -2.23. The van der Waals surface area contributed by atoms with Crippen molar-refractivity contribution in [3.8, 4) is 5.75 Å². The number of amides is 1. The van der Waals surface area contributed by atoms with E-state index in [4.69, 9.17) is 0 Å². The Hall–Kier alpha value is -3.13. The number of aromatic hydroxyl groups is 1. The van der Waals surface area contributed by atoms with E-state index in [9.17, 15) is 14.7 Å². The van der Waals surface area contributed by atoms with Crippen molar-refractivity contribution in [2.45, 2.75) is 12.3 Å². The largest absolute Gasteiger partial charge is 0.506 e. The SMILES string of the molecule is CSCc1nc(C(=O)N(Cc2ccccn2)c2ccccc2O)cc(=O)[nH]1. The van der Waals surface area contributed by atoms with Gasteiger partial charge in [-0.1, -0.05) is 18.2 Å². The zero-order valence-corrected chi connectivity index (χ0v) is 15.4. The molecule has 2 N–H and O–H groups in total. The van der Waals surface area contributed by atoms with E-state index in [1.54, 1.807) is 36.5 Å². The number of thioether (sulfide) groups is 1. The van der Waals surface area contributed by atoms with Gasteiger partial charge in [0.25, 0.3) is 11.5 Å². The van der Waals surface area contributed by atoms with Gasteiger partial charge in [0.15, 0.2) is 0 Å². The number of phenolic OH excluding ortho intramolecular Hbond substituents is 1. The molecule has 0 atom stereocenters. The van der Waals surface area contributed by atoms with Crippen LogP contribution in [0.2, 0.25) is 0 Å². The number of H-pyrrole nitrogens is 1. The molecule has 0 radical (unpaired) electrons. The van der Waals surface area contributed by atoms with E-state index >= 15 is 0 Å². The minimum atomic E-state index is -0.490. The standard InChI is InChI=1S/C19H18N4O3S/c1-27-12-17-21-14(10-18(25)22-17)19(26)23(11-13-6-4-5-9-20-13)15-7-2-3-8-16(15)24/h2-10,24H,11-12H2,1H3,(H,21,22,25). The molecule has 1 aromatic carbocycles. The van der Waals surface area contributed by atoms with Gasteiger partial charge in [-0.05, 0) is 30.5 Å². The van der Waals surface area contributed by atoms with Crippen LogP contribution in [0.4, 0.5) is 5.69 Å². The van der Waals surface area contributed by atoms with Gasteiger partial charge in [-0.3, -0.25) is 19.5 Å². The Morgan fingerprint density at radius 1 is 1.22 bits per heavy atom. The normalized spacial score (nSPS) is 10.6. The first-order valence-corrected chi connectivity index (χ1v) is 9.57. The predicted molar refractivity (Wildman–Crippen MR) is 105 cm³/mol. The van der Waals surface area contributed by atoms with Crippen LogP contribution < -0.4 is 10.5 Å². The summed E-state index contributed by atoms with van der Waals surface area (Å²) in [6.45, 7) is 0.129. The number of carbonyl (C=O) groups is 1. The molecule has 0 unspecified atom stereocenters. The number of para-hydroxylation sites is 2. The van der Waals surface area contributed by atoms with E-state index in [0.29, 0.717) is 23.0 Å². The molecule has 8 heteroatoms. The fourth-order valence-corrected chi connectivity index (χ4v) is 2.98. The number of rotatable bonds is 6. The van der Waals surface area contributed by atoms with Crippen molar-refractivity contribution in [3.05, 3.63) is 82.3 Å². The fourth-order valence-electron chi connectivity index (χ4n) is 2.57. The van der Waals surface area contributed by atoms with E-state index in [0.717, 1.165) is 6.07 Å². The second-order valence-electron chi connectivity index (χ2n) is 5.71. The highest BCUT2D eigenvalue weighted by Crippen LogP contribution is 2.28. The first-order chi connectivity index (χ1) is 13.1. The van der Waals surface area contributed by atoms with Crippen LogP contribution in [-0.2, 0) is 12.3 Å². The van der Waals surface area contributed by atoms with Crippen molar-refractivity contribution in [1.29, 1.82) is 0 Å². The van der Waals surface area contributed by atoms with Crippen molar-refractivity contribution in [3.63, 3.8) is 0 Å². The van der Waals surface area contributed by atoms with Crippen molar-refractivity contribution >= 4 is 23.4 Å². The van der Waals surface area contributed by atoms with Crippen molar-refractivity contribution < 1.29 is 9.90 Å². The molecule has 2 aromatic heterocycles. The van der Waals surface area contributed by atoms with E-state index in [1.165, 1.54) is 22.7 Å². The molecular weight excluding hydrogens is 364 g/mol. The van der Waals surface area contributed by atoms with Crippen molar-refractivity contribution in [1.82, 2.24) is 15.0 Å². The molecule has 0 saturated carbocycles. The van der Waals surface area contributed by atoms with E-state index in [-0.39, 0.29) is 18.0 Å². The topological polar surface area (TPSA) is 99.2 Å². The van der Waals surface area contributed by atoms with Gasteiger partial charge in [-0.15, -0.1) is 0 Å². The molecule has 3 rings (SSSR count). The van der Waals surface area contributed by atoms with Crippen LogP contribution in [0.1, 0.15) is 22.0 Å². The third-order valence-electron chi connectivity index (χ3n) is 3.75. The third kappa shape index (κ3) is 4.53. The lowest BCUT2D eigenvalue weighted by molar-refractivity contribution is 0.0978. The quantitative estimate of drug-likeness (QED) is 0.680. The van der Waals surface area contributed by atoms with Gasteiger partial charge in [-0.2, -0.15) is 11.8 Å². The maximum atomic E-state index is 13.2. The minimum Gasteiger partial charge on any atom is -0.506 e. The van der Waals surface area contributed by atoms with Crippen molar-refractivity contribution in [2.75, 3.05) is 11.2 Å². The molecule has 27 heavy (non-hydrogen) atoms. The summed E-state index contributed by atoms with van der Waals surface area (Å²) in [5.74, 6) is 0.368. The van der Waals surface area contributed by atoms with E-state index in [1.807, 2.05) is 12.3 Å². The summed E-state index contributed by atoms with van der Waals surface area (Å²) >= 11 is 1.49. The van der Waals surface area contributed by atoms with Gasteiger partial charge in [0, 0.05) is 12.3 Å². The van der Waals surface area contributed by atoms with E-state index < -0.39 is 11.5 Å². The Morgan fingerprint density at radius 3 is 2.70 bits per heavy atom. The molecule has 1 amide bonds. The second-order valence-corrected chi connectivity index (χ2v) is 6.58. The molecule has 0 fully saturated rings. The van der Waals surface area contributed by atoms with Crippen LogP contribution in [0, 0.1) is 0 Å². The highest BCUT2D eigenvalue weighted by Gasteiger charge is 2.23. The molecule has 0 saturated heterocycles. The number of pyridine rings is 1. The minimum absolute atomic E-state index is 0.0157. The number of nitrogens with one attached hydrogen (secondary N) is 1. The van der Waals surface area contributed by atoms with Crippen LogP contribution in [0.3, 0.4) is 0 Å². The monoisotopic (exact) mass is 382 g/mol. The zero-order chi connectivity index (χ0) is 19.2. The molecule has 0 bridgehead atoms. The fraction of sp³-hybridized carbons (Fsp3) is 0.158. The van der Waals surface area contributed by atoms with Gasteiger partial charge in [-0.25, -0.2) is 4.98 Å². The number of hydrogen-bond acceptors (Lipinski definition) is 6. The molecule has 7 nitrogen and oxygen atoms in total. The third-order valence-corrected chi connectivity index (χ3v) is 4.32. The number of phenols is 1. The Bertz CT molecular complexity index is 991. The molecule has 0 aliphatic carbocycles. The lowest BCUT2D eigenvalue weighted by atomic mass is 10.2. The van der Waals surface area contributed by atoms with Crippen LogP contribution in [-0.4, -0.2) is 32.2 Å². The summed E-state index contributed by atoms with van der Waals surface area (Å²) in [6.07, 6.45) is 3.51. The molecule has 3 aromatic rings. The van der Waals surface area contributed by atoms with Gasteiger partial charge < -0.3 is 10.1 Å². The van der Waals surface area contributed by atoms with Crippen LogP contribution in [0.15, 0.2) is 59.5 Å². The van der Waals surface area contributed by atoms with Crippen LogP contribution in [0.5, 0.6) is 5.75 Å². The summed E-state index contributed by atoms with van der Waals surface area (Å²) in [7, 11) is 0. The van der Waals surface area contributed by atoms with Gasteiger partial charge in [0.2, 0.25) is 0 Å². The highest BCUT2D eigenvalue weighted by molar-refractivity contribution is 7.97. The number of nitrogens with zero attached hydrogens (tertiary/aromatic N) is 3. The predicted octanol–water partition coefficient (Wildman–Crippen LogP) is 2.58. The Balaban J connectivity index is 2.03. The smallest absolute Gasteiger partial charge is 0.277 e. The maximum absolute atomic E-state index is 13.2. The number of aromatic amines is 1. The average Bonchev–Trinajstić information content (AvgIpc) is 2.67. The van der Waals surface area contributed by atoms with Gasteiger partial charge in [0.05, 0.1) is 23.7 Å². The zero-order valence-electron chi connectivity index (χ0n) is 14.6. The van der Waals surface area contributed by atoms with Crippen LogP contribution in [0.25, 0.3) is 0 Å². The van der Waals surface area contributed by atoms with E-state index in [2.05, 4.69) is 15.0 Å². The number of hydrogen-bond donors (Lipinski definition) is 2. The number of aromatic nitrogens is 3. The molecule has 138 valence electrons. The lowest BCUT2D eigenvalue weighted by Crippen LogP contribution is -2.33. The molecule has 0 aliphatic heterocycles. The molecule has 0 aliphatic rings. The van der Waals surface area contributed by atoms with Crippen molar-refractivity contribution in [2.24, 2.45) is 0 Å². The first kappa shape index (κ1) is 18.7. The summed E-state index contributed by atoms with van der Waals surface area (Å²) in [4.78, 5) is 37.6. The molecule has 2 heterocycles. The first-order valence-electron chi connectivity index (χ1n) is 8.17. The number of carbonyl (C=O) groups excluding carboxylic acids is 1. The number of benzene rings is 1. The van der Waals surface area contributed by atoms with Gasteiger partial charge in [0.1, 0.15) is 17.3 Å².